The van der Waals surface area contributed by atoms with Gasteiger partial charge in [-0.05, 0) is 41.5 Å². The van der Waals surface area contributed by atoms with E-state index < -0.39 is 5.97 Å². The molecule has 0 radical (unpaired) electrons. The van der Waals surface area contributed by atoms with Gasteiger partial charge in [0.1, 0.15) is 0 Å². The van der Waals surface area contributed by atoms with Gasteiger partial charge in [0, 0.05) is 48.5 Å². The molecule has 3 heterocycles. The molecule has 4 rings (SSSR count). The molecule has 9 heteroatoms. The normalized spacial score (nSPS) is 12.8. The second-order valence-corrected chi connectivity index (χ2v) is 6.71. The fourth-order valence-corrected chi connectivity index (χ4v) is 3.21. The lowest BCUT2D eigenvalue weighted by molar-refractivity contribution is 0.0698. The summed E-state index contributed by atoms with van der Waals surface area (Å²) in [5.41, 5.74) is 3.81. The number of benzene rings is 1. The van der Waals surface area contributed by atoms with Gasteiger partial charge in [0.15, 0.2) is 17.1 Å². The molecule has 0 unspecified atom stereocenters. The number of carbonyl (C=O) groups is 1. The maximum atomic E-state index is 11.8. The van der Waals surface area contributed by atoms with Crippen LogP contribution in [0.4, 0.5) is 5.82 Å². The van der Waals surface area contributed by atoms with Gasteiger partial charge < -0.3 is 20.3 Å². The lowest BCUT2D eigenvalue weighted by Crippen LogP contribution is -2.24. The Balaban J connectivity index is 0.00000225. The molecule has 0 bridgehead atoms. The zero-order valence-corrected chi connectivity index (χ0v) is 16.3. The van der Waals surface area contributed by atoms with Crippen LogP contribution in [0.15, 0.2) is 41.1 Å². The number of anilines is 1. The maximum absolute atomic E-state index is 11.8. The third kappa shape index (κ3) is 4.11. The standard InChI is InChI=1S/C19H17ClN4O3.ClH/c20-14-3-1-12(2-4-14)17-16(19(25)26)18(24-27-17)23-9-11-7-13-10-21-6-5-15(13)22-8-11;/h1-4,7-8,21H,5-6,9-10H2,(H,23,24)(H,25,26);1H. The summed E-state index contributed by atoms with van der Waals surface area (Å²) in [6.07, 6.45) is 2.72. The van der Waals surface area contributed by atoms with Crippen LogP contribution in [-0.4, -0.2) is 27.8 Å². The maximum Gasteiger partial charge on any atom is 0.343 e. The fraction of sp³-hybridized carbons (Fsp3) is 0.211. The predicted molar refractivity (Wildman–Crippen MR) is 108 cm³/mol. The number of fused-ring (bicyclic) bond motifs is 1. The Morgan fingerprint density at radius 3 is 2.86 bits per heavy atom. The van der Waals surface area contributed by atoms with Gasteiger partial charge in [-0.2, -0.15) is 0 Å². The average Bonchev–Trinajstić information content (AvgIpc) is 3.11. The Labute approximate surface area is 172 Å². The molecule has 2 aromatic heterocycles. The van der Waals surface area contributed by atoms with Crippen molar-refractivity contribution in [3.8, 4) is 11.3 Å². The second-order valence-electron chi connectivity index (χ2n) is 6.28. The monoisotopic (exact) mass is 420 g/mol. The van der Waals surface area contributed by atoms with E-state index in [4.69, 9.17) is 16.1 Å². The number of halogens is 2. The molecule has 3 N–H and O–H groups in total. The largest absolute Gasteiger partial charge is 0.477 e. The number of nitrogens with zero attached hydrogens (tertiary/aromatic N) is 2. The number of aromatic carboxylic acids is 1. The third-order valence-electron chi connectivity index (χ3n) is 4.44. The van der Waals surface area contributed by atoms with Crippen molar-refractivity contribution in [1.82, 2.24) is 15.5 Å². The Hall–Kier alpha value is -2.61. The summed E-state index contributed by atoms with van der Waals surface area (Å²) in [7, 11) is 0. The highest BCUT2D eigenvalue weighted by Crippen LogP contribution is 2.30. The summed E-state index contributed by atoms with van der Waals surface area (Å²) >= 11 is 5.89. The van der Waals surface area contributed by atoms with Crippen LogP contribution in [0, 0.1) is 0 Å². The molecule has 0 atom stereocenters. The minimum atomic E-state index is -1.11. The van der Waals surface area contributed by atoms with E-state index in [1.54, 1.807) is 30.5 Å². The number of hydrogen-bond acceptors (Lipinski definition) is 6. The first-order chi connectivity index (χ1) is 13.1. The lowest BCUT2D eigenvalue weighted by Gasteiger charge is -2.16. The molecule has 0 fully saturated rings. The van der Waals surface area contributed by atoms with Gasteiger partial charge in [-0.1, -0.05) is 16.8 Å². The summed E-state index contributed by atoms with van der Waals surface area (Å²) in [6, 6.07) is 8.80. The van der Waals surface area contributed by atoms with Crippen LogP contribution in [0.3, 0.4) is 0 Å². The first kappa shape index (κ1) is 20.1. The fourth-order valence-electron chi connectivity index (χ4n) is 3.09. The zero-order valence-electron chi connectivity index (χ0n) is 14.7. The van der Waals surface area contributed by atoms with Gasteiger partial charge in [0.25, 0.3) is 0 Å². The van der Waals surface area contributed by atoms with Gasteiger partial charge in [-0.3, -0.25) is 4.98 Å². The third-order valence-corrected chi connectivity index (χ3v) is 4.69. The van der Waals surface area contributed by atoms with Gasteiger partial charge >= 0.3 is 5.97 Å². The molecule has 0 spiro atoms. The van der Waals surface area contributed by atoms with E-state index in [1.165, 1.54) is 5.56 Å². The van der Waals surface area contributed by atoms with Gasteiger partial charge in [-0.15, -0.1) is 12.4 Å². The molecular weight excluding hydrogens is 403 g/mol. The molecule has 146 valence electrons. The van der Waals surface area contributed by atoms with Crippen molar-refractivity contribution in [3.63, 3.8) is 0 Å². The van der Waals surface area contributed by atoms with Gasteiger partial charge in [-0.25, -0.2) is 4.79 Å². The van der Waals surface area contributed by atoms with E-state index in [0.29, 0.717) is 17.1 Å². The van der Waals surface area contributed by atoms with Crippen LogP contribution in [0.5, 0.6) is 0 Å². The minimum absolute atomic E-state index is 0. The highest BCUT2D eigenvalue weighted by atomic mass is 35.5. The topological polar surface area (TPSA) is 100 Å². The van der Waals surface area contributed by atoms with E-state index >= 15 is 0 Å². The Morgan fingerprint density at radius 1 is 1.32 bits per heavy atom. The van der Waals surface area contributed by atoms with E-state index in [2.05, 4.69) is 26.8 Å². The highest BCUT2D eigenvalue weighted by Gasteiger charge is 2.24. The highest BCUT2D eigenvalue weighted by molar-refractivity contribution is 6.30. The molecule has 1 aromatic carbocycles. The van der Waals surface area contributed by atoms with Crippen LogP contribution in [0.1, 0.15) is 27.2 Å². The van der Waals surface area contributed by atoms with Crippen molar-refractivity contribution in [2.45, 2.75) is 19.5 Å². The molecular formula is C19H18Cl2N4O3. The first-order valence-electron chi connectivity index (χ1n) is 8.52. The smallest absolute Gasteiger partial charge is 0.343 e. The quantitative estimate of drug-likeness (QED) is 0.577. The SMILES string of the molecule is Cl.O=C(O)c1c(NCc2cnc3c(c2)CNCC3)noc1-c1ccc(Cl)cc1. The van der Waals surface area contributed by atoms with Crippen LogP contribution < -0.4 is 10.6 Å². The second kappa shape index (κ2) is 8.60. The van der Waals surface area contributed by atoms with Crippen LogP contribution in [-0.2, 0) is 19.5 Å². The molecule has 0 saturated heterocycles. The van der Waals surface area contributed by atoms with E-state index in [9.17, 15) is 9.90 Å². The van der Waals surface area contributed by atoms with Gasteiger partial charge in [0.2, 0.25) is 0 Å². The van der Waals surface area contributed by atoms with Crippen molar-refractivity contribution in [2.75, 3.05) is 11.9 Å². The Bertz CT molecular complexity index is 989. The van der Waals surface area contributed by atoms with Crippen molar-refractivity contribution in [3.05, 3.63) is 63.9 Å². The number of pyridine rings is 1. The first-order valence-corrected chi connectivity index (χ1v) is 8.90. The van der Waals surface area contributed by atoms with Crippen LogP contribution in [0.2, 0.25) is 5.02 Å². The summed E-state index contributed by atoms with van der Waals surface area (Å²) in [5.74, 6) is -0.741. The van der Waals surface area contributed by atoms with E-state index in [-0.39, 0.29) is 29.5 Å². The number of nitrogens with one attached hydrogen (secondary N) is 2. The molecule has 0 amide bonds. The molecule has 3 aromatic rings. The molecule has 0 saturated carbocycles. The Morgan fingerprint density at radius 2 is 2.11 bits per heavy atom. The molecule has 7 nitrogen and oxygen atoms in total. The summed E-state index contributed by atoms with van der Waals surface area (Å²) in [4.78, 5) is 16.3. The number of hydrogen-bond donors (Lipinski definition) is 3. The van der Waals surface area contributed by atoms with E-state index in [0.717, 1.165) is 30.8 Å². The average molecular weight is 421 g/mol. The van der Waals surface area contributed by atoms with Crippen LogP contribution in [0.25, 0.3) is 11.3 Å². The summed E-state index contributed by atoms with van der Waals surface area (Å²) < 4.78 is 5.30. The van der Waals surface area contributed by atoms with Crippen molar-refractivity contribution in [1.29, 1.82) is 0 Å². The summed E-state index contributed by atoms with van der Waals surface area (Å²) in [6.45, 7) is 2.13. The van der Waals surface area contributed by atoms with Crippen molar-refractivity contribution in [2.24, 2.45) is 0 Å². The van der Waals surface area contributed by atoms with Crippen molar-refractivity contribution >= 4 is 35.8 Å². The van der Waals surface area contributed by atoms with Crippen LogP contribution >= 0.6 is 24.0 Å². The zero-order chi connectivity index (χ0) is 18.8. The molecule has 1 aliphatic rings. The molecule has 0 aliphatic carbocycles. The number of rotatable bonds is 5. The predicted octanol–water partition coefficient (Wildman–Crippen LogP) is 3.77. The number of carboxylic acids is 1. The summed E-state index contributed by atoms with van der Waals surface area (Å²) in [5, 5.41) is 20.4. The number of carboxylic acid groups (broad SMARTS) is 1. The number of aromatic nitrogens is 2. The molecule has 28 heavy (non-hydrogen) atoms. The lowest BCUT2D eigenvalue weighted by atomic mass is 10.1. The minimum Gasteiger partial charge on any atom is -0.477 e. The molecule has 1 aliphatic heterocycles. The van der Waals surface area contributed by atoms with E-state index in [1.807, 2.05) is 0 Å². The van der Waals surface area contributed by atoms with Gasteiger partial charge in [0.05, 0.1) is 0 Å². The Kier molecular flexibility index (Phi) is 6.18. The van der Waals surface area contributed by atoms with Crippen molar-refractivity contribution < 1.29 is 14.4 Å².